The van der Waals surface area contributed by atoms with Crippen molar-refractivity contribution in [3.63, 3.8) is 0 Å². The second-order valence-corrected chi connectivity index (χ2v) is 12.0. The van der Waals surface area contributed by atoms with Crippen LogP contribution in [0.4, 0.5) is 20.6 Å². The summed E-state index contributed by atoms with van der Waals surface area (Å²) in [5.74, 6) is 0.502. The average molecular weight is 530 g/mol. The van der Waals surface area contributed by atoms with Crippen LogP contribution in [-0.2, 0) is 19.7 Å². The van der Waals surface area contributed by atoms with E-state index >= 15 is 0 Å². The van der Waals surface area contributed by atoms with Crippen molar-refractivity contribution in [1.29, 1.82) is 0 Å². The number of hydrogen-bond acceptors (Lipinski definition) is 5. The molecular formula is C31H32FN3O4. The zero-order chi connectivity index (χ0) is 26.7. The Morgan fingerprint density at radius 2 is 1.54 bits per heavy atom. The number of hydrogen-bond donors (Lipinski definition) is 1. The molecule has 4 amide bonds. The third-order valence-electron chi connectivity index (χ3n) is 9.51. The Bertz CT molecular complexity index is 1340. The van der Waals surface area contributed by atoms with Gasteiger partial charge in [0.15, 0.2) is 0 Å². The maximum atomic E-state index is 14.9. The summed E-state index contributed by atoms with van der Waals surface area (Å²) in [5, 5.41) is 2.27. The number of amides is 4. The number of ether oxygens (including phenoxy) is 1. The molecule has 4 saturated carbocycles. The summed E-state index contributed by atoms with van der Waals surface area (Å²) in [5.41, 5.74) is 2.53. The van der Waals surface area contributed by atoms with Crippen LogP contribution in [0.2, 0.25) is 0 Å². The van der Waals surface area contributed by atoms with Gasteiger partial charge in [-0.3, -0.25) is 14.9 Å². The van der Waals surface area contributed by atoms with Crippen molar-refractivity contribution < 1.29 is 23.5 Å². The van der Waals surface area contributed by atoms with Gasteiger partial charge in [-0.1, -0.05) is 18.2 Å². The quantitative estimate of drug-likeness (QED) is 0.455. The molecule has 0 spiro atoms. The van der Waals surface area contributed by atoms with Gasteiger partial charge in [0, 0.05) is 13.1 Å². The molecule has 8 heteroatoms. The summed E-state index contributed by atoms with van der Waals surface area (Å²) in [6, 6.07) is 11.6. The normalized spacial score (nSPS) is 31.3. The Morgan fingerprint density at radius 3 is 2.15 bits per heavy atom. The molecule has 0 atom stereocenters. The minimum atomic E-state index is -0.788. The van der Waals surface area contributed by atoms with Crippen LogP contribution in [0.1, 0.15) is 49.7 Å². The third-order valence-corrected chi connectivity index (χ3v) is 9.51. The lowest BCUT2D eigenvalue weighted by molar-refractivity contribution is -0.122. The Labute approximate surface area is 227 Å². The minimum Gasteiger partial charge on any atom is -0.378 e. The number of nitrogens with one attached hydrogen (secondary N) is 1. The van der Waals surface area contributed by atoms with Crippen LogP contribution >= 0.6 is 0 Å². The zero-order valence-corrected chi connectivity index (χ0v) is 21.8. The van der Waals surface area contributed by atoms with E-state index in [4.69, 9.17) is 4.74 Å². The van der Waals surface area contributed by atoms with Crippen LogP contribution in [0.15, 0.2) is 48.0 Å². The van der Waals surface area contributed by atoms with Crippen molar-refractivity contribution in [2.75, 3.05) is 36.1 Å². The molecule has 2 saturated heterocycles. The Balaban J connectivity index is 1.14. The molecule has 0 unspecified atom stereocenters. The van der Waals surface area contributed by atoms with Gasteiger partial charge in [-0.2, -0.15) is 0 Å². The van der Waals surface area contributed by atoms with Gasteiger partial charge in [0.1, 0.15) is 11.4 Å². The summed E-state index contributed by atoms with van der Waals surface area (Å²) in [7, 11) is 0. The van der Waals surface area contributed by atoms with Crippen LogP contribution in [0.5, 0.6) is 0 Å². The maximum Gasteiger partial charge on any atom is 0.335 e. The van der Waals surface area contributed by atoms with E-state index in [1.165, 1.54) is 56.2 Å². The van der Waals surface area contributed by atoms with E-state index in [9.17, 15) is 18.8 Å². The Kier molecular flexibility index (Phi) is 5.84. The van der Waals surface area contributed by atoms with Crippen LogP contribution < -0.4 is 15.1 Å². The fraction of sp³-hybridized carbons (Fsp3) is 0.452. The molecule has 8 rings (SSSR count). The fourth-order valence-corrected chi connectivity index (χ4v) is 8.16. The second kappa shape index (κ2) is 9.30. The molecule has 0 aromatic heterocycles. The summed E-state index contributed by atoms with van der Waals surface area (Å²) < 4.78 is 20.3. The number of rotatable bonds is 4. The van der Waals surface area contributed by atoms with Crippen molar-refractivity contribution in [3.8, 4) is 0 Å². The van der Waals surface area contributed by atoms with Crippen molar-refractivity contribution in [3.05, 3.63) is 65.0 Å². The summed E-state index contributed by atoms with van der Waals surface area (Å²) in [6.07, 6.45) is 9.11. The van der Waals surface area contributed by atoms with E-state index < -0.39 is 23.7 Å². The van der Waals surface area contributed by atoms with Crippen molar-refractivity contribution >= 4 is 35.3 Å². The highest BCUT2D eigenvalue weighted by Crippen LogP contribution is 2.60. The van der Waals surface area contributed by atoms with Crippen molar-refractivity contribution in [1.82, 2.24) is 5.32 Å². The molecule has 0 radical (unpaired) electrons. The lowest BCUT2D eigenvalue weighted by Gasteiger charge is -2.57. The van der Waals surface area contributed by atoms with E-state index in [1.54, 1.807) is 12.1 Å². The van der Waals surface area contributed by atoms with E-state index in [-0.39, 0.29) is 11.0 Å². The van der Waals surface area contributed by atoms with E-state index in [0.717, 1.165) is 22.7 Å². The number of carbonyl (C=O) groups is 3. The largest absolute Gasteiger partial charge is 0.378 e. The number of benzene rings is 2. The Morgan fingerprint density at radius 1 is 0.897 bits per heavy atom. The number of halogens is 1. The molecular weight excluding hydrogens is 497 g/mol. The predicted octanol–water partition coefficient (Wildman–Crippen LogP) is 4.80. The van der Waals surface area contributed by atoms with E-state index in [0.29, 0.717) is 43.2 Å². The van der Waals surface area contributed by atoms with E-state index in [2.05, 4.69) is 17.4 Å². The standard InChI is InChI=1S/C31H32FN3O4/c32-26-15-19(1-6-27(26)34-7-9-39-10-8-34)14-25-28(36)33-30(38)35(29(25)37)24-4-2-23(3-5-24)31-16-20-11-21(17-31)13-22(12-20)18-31/h1-6,14-15,20-22H,7-13,16-18H2,(H,33,36,38)/b25-14+. The summed E-state index contributed by atoms with van der Waals surface area (Å²) in [6.45, 7) is 2.26. The molecule has 2 aromatic carbocycles. The second-order valence-electron chi connectivity index (χ2n) is 12.0. The molecule has 6 aliphatic rings. The highest BCUT2D eigenvalue weighted by atomic mass is 19.1. The topological polar surface area (TPSA) is 79.0 Å². The Hall–Kier alpha value is -3.52. The molecule has 202 valence electrons. The first-order valence-corrected chi connectivity index (χ1v) is 14.0. The number of anilines is 2. The SMILES string of the molecule is O=C1NC(=O)N(c2ccc(C34CC5CC(CC(C5)C3)C4)cc2)C(=O)/C1=C/c1ccc(N2CCOCC2)c(F)c1. The van der Waals surface area contributed by atoms with Gasteiger partial charge >= 0.3 is 6.03 Å². The lowest BCUT2D eigenvalue weighted by atomic mass is 9.48. The van der Waals surface area contributed by atoms with Gasteiger partial charge in [-0.25, -0.2) is 14.1 Å². The number of carbonyl (C=O) groups excluding carboxylic acids is 3. The average Bonchev–Trinajstić information content (AvgIpc) is 2.91. The van der Waals surface area contributed by atoms with Crippen LogP contribution in [0, 0.1) is 23.6 Å². The fourth-order valence-electron chi connectivity index (χ4n) is 8.16. The summed E-state index contributed by atoms with van der Waals surface area (Å²) >= 11 is 0. The molecule has 1 N–H and O–H groups in total. The van der Waals surface area contributed by atoms with Crippen molar-refractivity contribution in [2.24, 2.45) is 17.8 Å². The number of morpholine rings is 1. The number of nitrogens with zero attached hydrogens (tertiary/aromatic N) is 2. The molecule has 2 heterocycles. The molecule has 4 aliphatic carbocycles. The van der Waals surface area contributed by atoms with Crippen molar-refractivity contribution in [2.45, 2.75) is 43.9 Å². The third kappa shape index (κ3) is 4.25. The first-order valence-electron chi connectivity index (χ1n) is 14.0. The van der Waals surface area contributed by atoms with Crippen LogP contribution in [0.25, 0.3) is 6.08 Å². The number of urea groups is 1. The lowest BCUT2D eigenvalue weighted by Crippen LogP contribution is -2.54. The highest BCUT2D eigenvalue weighted by Gasteiger charge is 2.51. The van der Waals surface area contributed by atoms with Gasteiger partial charge in [-0.05, 0) is 103 Å². The molecule has 2 aromatic rings. The monoisotopic (exact) mass is 529 g/mol. The van der Waals surface area contributed by atoms with Crippen LogP contribution in [-0.4, -0.2) is 44.1 Å². The maximum absolute atomic E-state index is 14.9. The molecule has 39 heavy (non-hydrogen) atoms. The van der Waals surface area contributed by atoms with Crippen LogP contribution in [0.3, 0.4) is 0 Å². The predicted molar refractivity (Wildman–Crippen MR) is 145 cm³/mol. The van der Waals surface area contributed by atoms with Gasteiger partial charge in [-0.15, -0.1) is 0 Å². The van der Waals surface area contributed by atoms with Gasteiger partial charge in [0.05, 0.1) is 24.6 Å². The first-order chi connectivity index (χ1) is 18.9. The smallest absolute Gasteiger partial charge is 0.335 e. The zero-order valence-electron chi connectivity index (χ0n) is 21.8. The number of imide groups is 2. The molecule has 6 fully saturated rings. The minimum absolute atomic E-state index is 0.208. The van der Waals surface area contributed by atoms with Gasteiger partial charge < -0.3 is 9.64 Å². The molecule has 7 nitrogen and oxygen atoms in total. The highest BCUT2D eigenvalue weighted by molar-refractivity contribution is 6.39. The summed E-state index contributed by atoms with van der Waals surface area (Å²) in [4.78, 5) is 41.7. The van der Waals surface area contributed by atoms with E-state index in [1.807, 2.05) is 17.0 Å². The van der Waals surface area contributed by atoms with Gasteiger partial charge in [0.25, 0.3) is 11.8 Å². The number of barbiturate groups is 1. The molecule has 4 bridgehead atoms. The first kappa shape index (κ1) is 24.5. The van der Waals surface area contributed by atoms with Gasteiger partial charge in [0.2, 0.25) is 0 Å². The molecule has 2 aliphatic heterocycles.